The molecule has 0 radical (unpaired) electrons. The number of hydrogen-bond acceptors (Lipinski definition) is 6. The zero-order valence-electron chi connectivity index (χ0n) is 16.9. The van der Waals surface area contributed by atoms with Crippen LogP contribution in [0.15, 0.2) is 47.8 Å². The Kier molecular flexibility index (Phi) is 5.89. The normalized spacial score (nSPS) is 14.6. The lowest BCUT2D eigenvalue weighted by Gasteiger charge is -2.16. The summed E-state index contributed by atoms with van der Waals surface area (Å²) in [4.78, 5) is 23.7. The Morgan fingerprint density at radius 3 is 2.62 bits per heavy atom. The van der Waals surface area contributed by atoms with Crippen molar-refractivity contribution in [2.75, 3.05) is 7.11 Å². The largest absolute Gasteiger partial charge is 0.399 e. The number of fused-ring (bicyclic) bond motifs is 1. The van der Waals surface area contributed by atoms with Crippen LogP contribution in [-0.4, -0.2) is 32.8 Å². The molecule has 0 bridgehead atoms. The van der Waals surface area contributed by atoms with E-state index in [-0.39, 0.29) is 0 Å². The van der Waals surface area contributed by atoms with E-state index in [1.807, 2.05) is 43.5 Å². The topological polar surface area (TPSA) is 73.2 Å². The van der Waals surface area contributed by atoms with Crippen LogP contribution in [0.4, 0.5) is 0 Å². The number of rotatable bonds is 6. The van der Waals surface area contributed by atoms with Crippen molar-refractivity contribution in [1.82, 2.24) is 19.9 Å². The number of pyridine rings is 2. The molecule has 148 valence electrons. The molecule has 0 N–H and O–H groups in total. The summed E-state index contributed by atoms with van der Waals surface area (Å²) in [6.07, 6.45) is 7.54. The summed E-state index contributed by atoms with van der Waals surface area (Å²) in [6.45, 7) is 1.99. The Morgan fingerprint density at radius 1 is 0.966 bits per heavy atom. The van der Waals surface area contributed by atoms with Gasteiger partial charge in [-0.25, -0.2) is 9.97 Å². The molecule has 29 heavy (non-hydrogen) atoms. The Labute approximate surface area is 171 Å². The molecule has 0 fully saturated rings. The fourth-order valence-corrected chi connectivity index (χ4v) is 3.64. The van der Waals surface area contributed by atoms with Gasteiger partial charge in [-0.15, -0.1) is 0 Å². The van der Waals surface area contributed by atoms with Gasteiger partial charge in [-0.1, -0.05) is 17.3 Å². The minimum absolute atomic E-state index is 0.808. The van der Waals surface area contributed by atoms with Gasteiger partial charge in [0.2, 0.25) is 0 Å². The SMILES string of the molecule is CON=C1CCCc2cnc(CCCc3cccc(-c4cccc(C)n4)n3)nc21. The minimum Gasteiger partial charge on any atom is -0.399 e. The first-order chi connectivity index (χ1) is 14.2. The molecule has 4 rings (SSSR count). The molecule has 1 aliphatic carbocycles. The Bertz CT molecular complexity index is 1030. The third kappa shape index (κ3) is 4.65. The van der Waals surface area contributed by atoms with Gasteiger partial charge < -0.3 is 4.84 Å². The summed E-state index contributed by atoms with van der Waals surface area (Å²) in [5.74, 6) is 0.853. The lowest BCUT2D eigenvalue weighted by Crippen LogP contribution is -2.16. The molecule has 0 aromatic carbocycles. The smallest absolute Gasteiger partial charge is 0.129 e. The number of oxime groups is 1. The van der Waals surface area contributed by atoms with E-state index in [4.69, 9.17) is 14.8 Å². The molecule has 0 atom stereocenters. The second kappa shape index (κ2) is 8.90. The number of aromatic nitrogens is 4. The maximum absolute atomic E-state index is 4.99. The predicted octanol–water partition coefficient (Wildman–Crippen LogP) is 4.10. The predicted molar refractivity (Wildman–Crippen MR) is 113 cm³/mol. The maximum Gasteiger partial charge on any atom is 0.129 e. The number of aryl methyl sites for hydroxylation is 4. The molecular formula is C23H25N5O. The molecule has 0 saturated heterocycles. The first kappa shape index (κ1) is 19.2. The standard InChI is InChI=1S/C23H25N5O/c1-16-7-3-11-19(25-16)20-12-5-9-18(26-20)10-6-14-22-24-15-17-8-4-13-21(28-29-2)23(17)27-22/h3,5,7,9,11-12,15H,4,6,8,10,13-14H2,1-2H3. The van der Waals surface area contributed by atoms with Gasteiger partial charge in [-0.3, -0.25) is 9.97 Å². The Balaban J connectivity index is 1.43. The minimum atomic E-state index is 0.808. The summed E-state index contributed by atoms with van der Waals surface area (Å²) in [7, 11) is 1.58. The summed E-state index contributed by atoms with van der Waals surface area (Å²) in [5, 5.41) is 4.15. The van der Waals surface area contributed by atoms with Crippen molar-refractivity contribution in [2.45, 2.75) is 45.4 Å². The quantitative estimate of drug-likeness (QED) is 0.595. The van der Waals surface area contributed by atoms with Gasteiger partial charge in [0.15, 0.2) is 0 Å². The van der Waals surface area contributed by atoms with Gasteiger partial charge >= 0.3 is 0 Å². The van der Waals surface area contributed by atoms with Crippen LogP contribution in [0.2, 0.25) is 0 Å². The van der Waals surface area contributed by atoms with E-state index in [1.165, 1.54) is 0 Å². The molecule has 1 aliphatic rings. The summed E-state index contributed by atoms with van der Waals surface area (Å²) in [6, 6.07) is 12.1. The van der Waals surface area contributed by atoms with Crippen LogP contribution in [0.25, 0.3) is 11.4 Å². The molecule has 0 amide bonds. The zero-order chi connectivity index (χ0) is 20.1. The van der Waals surface area contributed by atoms with E-state index in [1.54, 1.807) is 7.11 Å². The van der Waals surface area contributed by atoms with Crippen LogP contribution in [-0.2, 0) is 24.1 Å². The van der Waals surface area contributed by atoms with Crippen LogP contribution < -0.4 is 0 Å². The molecule has 6 heteroatoms. The van der Waals surface area contributed by atoms with E-state index in [2.05, 4.69) is 21.2 Å². The van der Waals surface area contributed by atoms with E-state index in [0.717, 1.165) is 84.1 Å². The molecule has 6 nitrogen and oxygen atoms in total. The molecular weight excluding hydrogens is 362 g/mol. The zero-order valence-corrected chi connectivity index (χ0v) is 16.9. The average molecular weight is 387 g/mol. The third-order valence-electron chi connectivity index (χ3n) is 5.04. The van der Waals surface area contributed by atoms with Crippen molar-refractivity contribution in [3.63, 3.8) is 0 Å². The third-order valence-corrected chi connectivity index (χ3v) is 5.04. The van der Waals surface area contributed by atoms with Crippen molar-refractivity contribution < 1.29 is 4.84 Å². The van der Waals surface area contributed by atoms with Gasteiger partial charge in [0, 0.05) is 24.0 Å². The van der Waals surface area contributed by atoms with Crippen molar-refractivity contribution in [3.05, 3.63) is 71.1 Å². The van der Waals surface area contributed by atoms with Crippen LogP contribution in [0.5, 0.6) is 0 Å². The highest BCUT2D eigenvalue weighted by Crippen LogP contribution is 2.20. The van der Waals surface area contributed by atoms with Gasteiger partial charge in [0.25, 0.3) is 0 Å². The second-order valence-electron chi connectivity index (χ2n) is 7.27. The van der Waals surface area contributed by atoms with E-state index in [0.29, 0.717) is 0 Å². The summed E-state index contributed by atoms with van der Waals surface area (Å²) in [5.41, 5.74) is 6.93. The van der Waals surface area contributed by atoms with Crippen LogP contribution >= 0.6 is 0 Å². The summed E-state index contributed by atoms with van der Waals surface area (Å²) >= 11 is 0. The Morgan fingerprint density at radius 2 is 1.79 bits per heavy atom. The van der Waals surface area contributed by atoms with Crippen LogP contribution in [0.1, 0.15) is 47.7 Å². The molecule has 0 spiro atoms. The monoisotopic (exact) mass is 387 g/mol. The first-order valence-corrected chi connectivity index (χ1v) is 10.1. The van der Waals surface area contributed by atoms with Gasteiger partial charge in [-0.2, -0.15) is 0 Å². The molecule has 3 aromatic rings. The fraction of sp³-hybridized carbons (Fsp3) is 0.348. The molecule has 3 aromatic heterocycles. The lowest BCUT2D eigenvalue weighted by molar-refractivity contribution is 0.212. The number of nitrogens with zero attached hydrogens (tertiary/aromatic N) is 5. The average Bonchev–Trinajstić information content (AvgIpc) is 2.75. The van der Waals surface area contributed by atoms with Gasteiger partial charge in [0.1, 0.15) is 18.6 Å². The first-order valence-electron chi connectivity index (χ1n) is 10.1. The number of hydrogen-bond donors (Lipinski definition) is 0. The van der Waals surface area contributed by atoms with Crippen molar-refractivity contribution in [1.29, 1.82) is 0 Å². The van der Waals surface area contributed by atoms with Crippen LogP contribution in [0, 0.1) is 6.92 Å². The van der Waals surface area contributed by atoms with Gasteiger partial charge in [-0.05, 0) is 68.9 Å². The van der Waals surface area contributed by atoms with Crippen molar-refractivity contribution >= 4 is 5.71 Å². The fourth-order valence-electron chi connectivity index (χ4n) is 3.64. The highest BCUT2D eigenvalue weighted by Gasteiger charge is 2.19. The molecule has 0 saturated carbocycles. The summed E-state index contributed by atoms with van der Waals surface area (Å²) < 4.78 is 0. The van der Waals surface area contributed by atoms with E-state index >= 15 is 0 Å². The highest BCUT2D eigenvalue weighted by molar-refractivity contribution is 6.00. The van der Waals surface area contributed by atoms with Crippen molar-refractivity contribution in [2.24, 2.45) is 5.16 Å². The highest BCUT2D eigenvalue weighted by atomic mass is 16.6. The van der Waals surface area contributed by atoms with Crippen LogP contribution in [0.3, 0.4) is 0 Å². The molecule has 0 aliphatic heterocycles. The molecule has 0 unspecified atom stereocenters. The van der Waals surface area contributed by atoms with Gasteiger partial charge in [0.05, 0.1) is 17.1 Å². The maximum atomic E-state index is 4.99. The van der Waals surface area contributed by atoms with Crippen molar-refractivity contribution in [3.8, 4) is 11.4 Å². The second-order valence-corrected chi connectivity index (χ2v) is 7.27. The van der Waals surface area contributed by atoms with E-state index < -0.39 is 0 Å². The molecule has 3 heterocycles. The van der Waals surface area contributed by atoms with E-state index in [9.17, 15) is 0 Å². The lowest BCUT2D eigenvalue weighted by atomic mass is 9.95. The Hall–Kier alpha value is -3.15.